The Morgan fingerprint density at radius 2 is 1.39 bits per heavy atom. The molecule has 1 aliphatic carbocycles. The van der Waals surface area contributed by atoms with Crippen molar-refractivity contribution in [1.29, 1.82) is 0 Å². The number of Topliss-reactive ketones (excluding diaryl/α,β-unsaturated/α-hetero) is 2. The average molecular weight is 620 g/mol. The minimum atomic E-state index is -0.557. The fourth-order valence-electron chi connectivity index (χ4n) is 5.27. The molecule has 0 radical (unpaired) electrons. The molecule has 0 saturated carbocycles. The lowest BCUT2D eigenvalue weighted by Gasteiger charge is -2.24. The van der Waals surface area contributed by atoms with Crippen LogP contribution in [0, 0.1) is 0 Å². The van der Waals surface area contributed by atoms with Crippen LogP contribution in [0.15, 0.2) is 22.6 Å². The van der Waals surface area contributed by atoms with Crippen LogP contribution in [0.2, 0.25) is 0 Å². The van der Waals surface area contributed by atoms with Crippen LogP contribution in [0.5, 0.6) is 0 Å². The summed E-state index contributed by atoms with van der Waals surface area (Å²) in [6.07, 6.45) is 16.5. The normalized spacial score (nSPS) is 14.2. The van der Waals surface area contributed by atoms with Gasteiger partial charge in [-0.05, 0) is 80.1 Å². The largest absolute Gasteiger partial charge is 0.489 e. The molecule has 0 atom stereocenters. The summed E-state index contributed by atoms with van der Waals surface area (Å²) in [6, 6.07) is 0. The van der Waals surface area contributed by atoms with Gasteiger partial charge in [0.1, 0.15) is 11.2 Å². The predicted molar refractivity (Wildman–Crippen MR) is 175 cm³/mol. The number of carbonyl (C=O) groups excluding carboxylic acids is 4. The van der Waals surface area contributed by atoms with Crippen molar-refractivity contribution < 1.29 is 33.4 Å². The number of ketones is 2. The first-order valence-electron chi connectivity index (χ1n) is 17.1. The van der Waals surface area contributed by atoms with Crippen molar-refractivity contribution in [2.24, 2.45) is 0 Å². The molecule has 0 spiro atoms. The molecule has 0 amide bonds. The second-order valence-corrected chi connectivity index (χ2v) is 13.6. The minimum absolute atomic E-state index is 0.127. The summed E-state index contributed by atoms with van der Waals surface area (Å²) in [5, 5.41) is 3.22. The lowest BCUT2D eigenvalue weighted by Crippen LogP contribution is -2.32. The molecule has 1 aliphatic rings. The number of nitrogens with one attached hydrogen (secondary N) is 1. The second-order valence-electron chi connectivity index (χ2n) is 13.6. The number of allylic oxidation sites excluding steroid dienone is 2. The molecule has 0 bridgehead atoms. The van der Waals surface area contributed by atoms with Gasteiger partial charge in [0.25, 0.3) is 6.47 Å². The molecule has 0 aromatic rings. The van der Waals surface area contributed by atoms with Gasteiger partial charge in [-0.25, -0.2) is 0 Å². The van der Waals surface area contributed by atoms with Gasteiger partial charge in [0.15, 0.2) is 5.76 Å². The highest BCUT2D eigenvalue weighted by Crippen LogP contribution is 2.29. The molecule has 1 rings (SSSR count). The summed E-state index contributed by atoms with van der Waals surface area (Å²) in [5.41, 5.74) is 0.0333. The van der Waals surface area contributed by atoms with Crippen LogP contribution < -0.4 is 5.32 Å². The third-order valence-electron chi connectivity index (χ3n) is 7.79. The first-order valence-corrected chi connectivity index (χ1v) is 17.1. The molecule has 0 saturated heterocycles. The Morgan fingerprint density at radius 1 is 0.795 bits per heavy atom. The van der Waals surface area contributed by atoms with E-state index in [-0.39, 0.29) is 36.3 Å². The smallest absolute Gasteiger partial charge is 0.306 e. The van der Waals surface area contributed by atoms with E-state index in [4.69, 9.17) is 14.2 Å². The number of unbranched alkanes of at least 4 members (excludes halogenated alkanes) is 11. The van der Waals surface area contributed by atoms with Crippen LogP contribution in [-0.4, -0.2) is 48.4 Å². The number of rotatable bonds is 25. The fraction of sp³-hybridized carbons (Fsp3) is 0.778. The Morgan fingerprint density at radius 3 is 1.95 bits per heavy atom. The summed E-state index contributed by atoms with van der Waals surface area (Å²) >= 11 is 0. The summed E-state index contributed by atoms with van der Waals surface area (Å²) in [6.45, 7) is 14.3. The zero-order valence-corrected chi connectivity index (χ0v) is 28.9. The van der Waals surface area contributed by atoms with Crippen molar-refractivity contribution >= 4 is 24.0 Å². The molecule has 0 aromatic heterocycles. The van der Waals surface area contributed by atoms with Gasteiger partial charge in [0, 0.05) is 24.1 Å². The van der Waals surface area contributed by atoms with E-state index in [0.717, 1.165) is 32.1 Å². The maximum atomic E-state index is 13.7. The molecule has 44 heavy (non-hydrogen) atoms. The third kappa shape index (κ3) is 16.4. The molecule has 252 valence electrons. The van der Waals surface area contributed by atoms with E-state index in [9.17, 15) is 19.2 Å². The first kappa shape index (κ1) is 39.4. The Labute approximate surface area is 267 Å². The standard InChI is InChI=1S/C36H61NO7/c1-8-9-10-11-12-13-14-15-16-17-18-22-29-33(41)31(37-25-20-19-24-36(6,7)43-27-38)28(2)32(40)34(29)42-26-21-23-30(39)44-35(3,4)5/h27,37H,8-26H2,1-7H3. The second kappa shape index (κ2) is 21.2. The summed E-state index contributed by atoms with van der Waals surface area (Å²) in [5.74, 6) is -0.642. The van der Waals surface area contributed by atoms with Crippen molar-refractivity contribution in [3.63, 3.8) is 0 Å². The number of hydrogen-bond donors (Lipinski definition) is 1. The summed E-state index contributed by atoms with van der Waals surface area (Å²) < 4.78 is 16.4. The van der Waals surface area contributed by atoms with Gasteiger partial charge < -0.3 is 19.5 Å². The molecular weight excluding hydrogens is 558 g/mol. The van der Waals surface area contributed by atoms with Gasteiger partial charge in [-0.1, -0.05) is 71.1 Å². The highest BCUT2D eigenvalue weighted by atomic mass is 16.6. The number of carbonyl (C=O) groups is 4. The van der Waals surface area contributed by atoms with Crippen LogP contribution in [-0.2, 0) is 33.4 Å². The predicted octanol–water partition coefficient (Wildman–Crippen LogP) is 8.22. The quantitative estimate of drug-likeness (QED) is 0.0471. The molecule has 0 aliphatic heterocycles. The fourth-order valence-corrected chi connectivity index (χ4v) is 5.27. The minimum Gasteiger partial charge on any atom is -0.489 e. The van der Waals surface area contributed by atoms with Gasteiger partial charge in [-0.3, -0.25) is 19.2 Å². The highest BCUT2D eigenvalue weighted by Gasteiger charge is 2.33. The van der Waals surface area contributed by atoms with Gasteiger partial charge in [-0.15, -0.1) is 0 Å². The molecule has 1 N–H and O–H groups in total. The van der Waals surface area contributed by atoms with Crippen molar-refractivity contribution in [2.45, 2.75) is 169 Å². The van der Waals surface area contributed by atoms with Crippen molar-refractivity contribution in [3.05, 3.63) is 22.6 Å². The Kier molecular flexibility index (Phi) is 18.9. The zero-order valence-electron chi connectivity index (χ0n) is 28.9. The van der Waals surface area contributed by atoms with Crippen molar-refractivity contribution in [3.8, 4) is 0 Å². The highest BCUT2D eigenvalue weighted by molar-refractivity contribution is 6.24. The molecule has 0 fully saturated rings. The van der Waals surface area contributed by atoms with Crippen molar-refractivity contribution in [1.82, 2.24) is 5.32 Å². The van der Waals surface area contributed by atoms with Gasteiger partial charge >= 0.3 is 5.97 Å². The van der Waals surface area contributed by atoms with Crippen LogP contribution in [0.3, 0.4) is 0 Å². The topological polar surface area (TPSA) is 108 Å². The van der Waals surface area contributed by atoms with E-state index < -0.39 is 11.2 Å². The lowest BCUT2D eigenvalue weighted by molar-refractivity contribution is -0.155. The Balaban J connectivity index is 2.75. The summed E-state index contributed by atoms with van der Waals surface area (Å²) in [7, 11) is 0. The van der Waals surface area contributed by atoms with E-state index in [0.29, 0.717) is 49.1 Å². The van der Waals surface area contributed by atoms with Crippen LogP contribution in [0.25, 0.3) is 0 Å². The Hall–Kier alpha value is -2.64. The summed E-state index contributed by atoms with van der Waals surface area (Å²) in [4.78, 5) is 49.9. The SMILES string of the molecule is CCCCCCCCCCCCCC1=C(OCCCC(=O)OC(C)(C)C)C(=O)C(C)=C(NCCCCC(C)(C)OC=O)C1=O. The van der Waals surface area contributed by atoms with Crippen molar-refractivity contribution in [2.75, 3.05) is 13.2 Å². The monoisotopic (exact) mass is 619 g/mol. The molecular formula is C36H61NO7. The van der Waals surface area contributed by atoms with Crippen LogP contribution in [0.1, 0.15) is 158 Å². The number of ether oxygens (including phenoxy) is 3. The average Bonchev–Trinajstić information content (AvgIpc) is 2.93. The van der Waals surface area contributed by atoms with E-state index in [2.05, 4.69) is 12.2 Å². The maximum absolute atomic E-state index is 13.7. The van der Waals surface area contributed by atoms with Gasteiger partial charge in [-0.2, -0.15) is 0 Å². The third-order valence-corrected chi connectivity index (χ3v) is 7.79. The lowest BCUT2D eigenvalue weighted by atomic mass is 9.89. The van der Waals surface area contributed by atoms with E-state index >= 15 is 0 Å². The van der Waals surface area contributed by atoms with E-state index in [1.54, 1.807) is 6.92 Å². The molecule has 0 unspecified atom stereocenters. The van der Waals surface area contributed by atoms with Gasteiger partial charge in [0.2, 0.25) is 11.6 Å². The number of esters is 1. The Bertz CT molecular complexity index is 971. The molecule has 0 aromatic carbocycles. The van der Waals surface area contributed by atoms with E-state index in [1.165, 1.54) is 51.4 Å². The molecule has 0 heterocycles. The molecule has 8 nitrogen and oxygen atoms in total. The maximum Gasteiger partial charge on any atom is 0.306 e. The van der Waals surface area contributed by atoms with Gasteiger partial charge in [0.05, 0.1) is 12.3 Å². The zero-order chi connectivity index (χ0) is 33.0. The van der Waals surface area contributed by atoms with E-state index in [1.807, 2.05) is 34.6 Å². The first-order chi connectivity index (χ1) is 20.8. The molecule has 8 heteroatoms. The number of hydrogen-bond acceptors (Lipinski definition) is 8. The van der Waals surface area contributed by atoms with Crippen LogP contribution >= 0.6 is 0 Å². The van der Waals surface area contributed by atoms with Crippen LogP contribution in [0.4, 0.5) is 0 Å².